The van der Waals surface area contributed by atoms with Crippen molar-refractivity contribution >= 4 is 0 Å². The van der Waals surface area contributed by atoms with Crippen LogP contribution in [0.5, 0.6) is 0 Å². The first-order chi connectivity index (χ1) is 6.79. The van der Waals surface area contributed by atoms with Crippen LogP contribution in [0.1, 0.15) is 39.5 Å². The zero-order chi connectivity index (χ0) is 9.45. The van der Waals surface area contributed by atoms with E-state index in [2.05, 4.69) is 13.8 Å². The molecule has 0 aromatic heterocycles. The minimum absolute atomic E-state index is 1.07. The van der Waals surface area contributed by atoms with Gasteiger partial charge in [-0.2, -0.15) is 0 Å². The second-order valence-electron chi connectivity index (χ2n) is 6.69. The Bertz CT molecular complexity index is 243. The summed E-state index contributed by atoms with van der Waals surface area (Å²) in [6, 6.07) is 0. The number of rotatable bonds is 0. The van der Waals surface area contributed by atoms with Crippen molar-refractivity contribution in [1.82, 2.24) is 0 Å². The van der Waals surface area contributed by atoms with Crippen LogP contribution in [-0.2, 0) is 0 Å². The van der Waals surface area contributed by atoms with Crippen LogP contribution in [0.15, 0.2) is 0 Å². The molecule has 0 nitrogen and oxygen atoms in total. The van der Waals surface area contributed by atoms with E-state index in [0.717, 1.165) is 11.8 Å². The van der Waals surface area contributed by atoms with Gasteiger partial charge in [0, 0.05) is 0 Å². The molecular weight excluding hydrogens is 168 g/mol. The van der Waals surface area contributed by atoms with Crippen molar-refractivity contribution in [3.8, 4) is 0 Å². The lowest BCUT2D eigenvalue weighted by molar-refractivity contribution is -0.0750. The van der Waals surface area contributed by atoms with Crippen LogP contribution in [0.4, 0.5) is 0 Å². The molecular formula is C14H22. The second kappa shape index (κ2) is 2.39. The molecule has 4 aliphatic rings. The highest BCUT2D eigenvalue weighted by atomic mass is 14.7. The molecule has 4 fully saturated rings. The van der Waals surface area contributed by atoms with Crippen molar-refractivity contribution in [2.75, 3.05) is 0 Å². The zero-order valence-corrected chi connectivity index (χ0v) is 9.45. The van der Waals surface area contributed by atoms with Gasteiger partial charge in [-0.25, -0.2) is 0 Å². The summed E-state index contributed by atoms with van der Waals surface area (Å²) in [5.41, 5.74) is 0. The first-order valence-electron chi connectivity index (χ1n) is 6.79. The van der Waals surface area contributed by atoms with E-state index >= 15 is 0 Å². The average molecular weight is 190 g/mol. The van der Waals surface area contributed by atoms with Crippen molar-refractivity contribution in [2.45, 2.75) is 39.5 Å². The predicted molar refractivity (Wildman–Crippen MR) is 57.7 cm³/mol. The molecule has 4 rings (SSSR count). The van der Waals surface area contributed by atoms with Crippen molar-refractivity contribution in [3.05, 3.63) is 0 Å². The number of hydrogen-bond donors (Lipinski definition) is 0. The van der Waals surface area contributed by atoms with E-state index in [1.165, 1.54) is 35.5 Å². The molecule has 0 unspecified atom stereocenters. The maximum Gasteiger partial charge on any atom is -0.0321 e. The fourth-order valence-electron chi connectivity index (χ4n) is 6.24. The van der Waals surface area contributed by atoms with E-state index in [4.69, 9.17) is 0 Å². The number of hydrogen-bond acceptors (Lipinski definition) is 0. The first-order valence-corrected chi connectivity index (χ1v) is 6.79. The quantitative estimate of drug-likeness (QED) is 0.548. The fraction of sp³-hybridized carbons (Fsp3) is 1.00. The van der Waals surface area contributed by atoms with Gasteiger partial charge in [0.2, 0.25) is 0 Å². The molecule has 4 saturated carbocycles. The lowest BCUT2D eigenvalue weighted by Crippen LogP contribution is -2.50. The third kappa shape index (κ3) is 0.686. The van der Waals surface area contributed by atoms with E-state index < -0.39 is 0 Å². The summed E-state index contributed by atoms with van der Waals surface area (Å²) in [4.78, 5) is 0. The molecule has 0 heterocycles. The minimum Gasteiger partial charge on any atom is -0.0620 e. The van der Waals surface area contributed by atoms with Crippen LogP contribution in [0.2, 0.25) is 0 Å². The molecule has 14 heavy (non-hydrogen) atoms. The fourth-order valence-corrected chi connectivity index (χ4v) is 6.24. The number of fused-ring (bicyclic) bond motifs is 8. The van der Waals surface area contributed by atoms with Crippen LogP contribution in [-0.4, -0.2) is 0 Å². The molecule has 0 spiro atoms. The topological polar surface area (TPSA) is 0 Å². The van der Waals surface area contributed by atoms with Crippen LogP contribution >= 0.6 is 0 Å². The molecule has 0 amide bonds. The van der Waals surface area contributed by atoms with Crippen molar-refractivity contribution in [3.63, 3.8) is 0 Å². The van der Waals surface area contributed by atoms with Crippen molar-refractivity contribution < 1.29 is 0 Å². The van der Waals surface area contributed by atoms with Gasteiger partial charge < -0.3 is 0 Å². The van der Waals surface area contributed by atoms with Gasteiger partial charge in [-0.15, -0.1) is 0 Å². The molecule has 0 heteroatoms. The average Bonchev–Trinajstić information content (AvgIpc) is 2.85. The van der Waals surface area contributed by atoms with Gasteiger partial charge in [0.25, 0.3) is 0 Å². The van der Waals surface area contributed by atoms with Gasteiger partial charge in [0.1, 0.15) is 0 Å². The lowest BCUT2D eigenvalue weighted by atomic mass is 9.50. The van der Waals surface area contributed by atoms with Gasteiger partial charge in [-0.05, 0) is 66.6 Å². The molecule has 0 N–H and O–H groups in total. The van der Waals surface area contributed by atoms with E-state index in [-0.39, 0.29) is 0 Å². The Kier molecular flexibility index (Phi) is 1.40. The summed E-state index contributed by atoms with van der Waals surface area (Å²) in [5, 5.41) is 0. The molecule has 4 aliphatic carbocycles. The largest absolute Gasteiger partial charge is 0.0620 e. The monoisotopic (exact) mass is 190 g/mol. The van der Waals surface area contributed by atoms with E-state index in [1.54, 1.807) is 25.7 Å². The van der Waals surface area contributed by atoms with Crippen molar-refractivity contribution in [2.24, 2.45) is 47.3 Å². The smallest absolute Gasteiger partial charge is 0.0321 e. The van der Waals surface area contributed by atoms with Crippen LogP contribution in [0, 0.1) is 47.3 Å². The summed E-state index contributed by atoms with van der Waals surface area (Å²) in [6.07, 6.45) is 6.39. The van der Waals surface area contributed by atoms with Gasteiger partial charge in [0.15, 0.2) is 0 Å². The molecule has 2 bridgehead atoms. The van der Waals surface area contributed by atoms with Crippen molar-refractivity contribution in [1.29, 1.82) is 0 Å². The normalized spacial score (nSPS) is 69.0. The van der Waals surface area contributed by atoms with Crippen LogP contribution in [0.25, 0.3) is 0 Å². The Morgan fingerprint density at radius 3 is 1.71 bits per heavy atom. The second-order valence-corrected chi connectivity index (χ2v) is 6.69. The van der Waals surface area contributed by atoms with Crippen LogP contribution in [0.3, 0.4) is 0 Å². The maximum absolute atomic E-state index is 2.52. The highest BCUT2D eigenvalue weighted by Gasteiger charge is 2.66. The summed E-state index contributed by atoms with van der Waals surface area (Å²) < 4.78 is 0. The Hall–Kier alpha value is 0. The third-order valence-corrected chi connectivity index (χ3v) is 6.75. The van der Waals surface area contributed by atoms with Gasteiger partial charge in [-0.1, -0.05) is 20.3 Å². The summed E-state index contributed by atoms with van der Waals surface area (Å²) in [7, 11) is 0. The summed E-state index contributed by atoms with van der Waals surface area (Å²) in [5.74, 6) is 9.23. The minimum atomic E-state index is 1.07. The Balaban J connectivity index is 1.70. The van der Waals surface area contributed by atoms with E-state index in [9.17, 15) is 0 Å². The maximum atomic E-state index is 2.52. The lowest BCUT2D eigenvalue weighted by Gasteiger charge is -2.55. The predicted octanol–water partition coefficient (Wildman–Crippen LogP) is 3.57. The first kappa shape index (κ1) is 8.19. The molecule has 0 aromatic carbocycles. The Morgan fingerprint density at radius 2 is 1.21 bits per heavy atom. The molecule has 0 radical (unpaired) electrons. The van der Waals surface area contributed by atoms with Gasteiger partial charge >= 0.3 is 0 Å². The molecule has 0 aliphatic heterocycles. The standard InChI is InChI=1S/C14H22/c1-7-8(2)14-12-6-11(13(7)14)9-4-3-5-10(9)12/h7-14H,3-6H2,1-2H3/t7-,8+,9-,10+,11-,12+,13-,14+. The van der Waals surface area contributed by atoms with Crippen LogP contribution < -0.4 is 0 Å². The Morgan fingerprint density at radius 1 is 0.714 bits per heavy atom. The summed E-state index contributed by atoms with van der Waals surface area (Å²) >= 11 is 0. The highest BCUT2D eigenvalue weighted by molar-refractivity contribution is 5.14. The molecule has 0 aromatic rings. The summed E-state index contributed by atoms with van der Waals surface area (Å²) in [6.45, 7) is 5.05. The van der Waals surface area contributed by atoms with E-state index in [1.807, 2.05) is 0 Å². The SMILES string of the molecule is C[C@@H]1[C@H](C)[C@H]2[C@H]3C[C@H]([C@@H]4CCC[C@@H]43)[C@@H]12. The molecule has 0 saturated heterocycles. The third-order valence-electron chi connectivity index (χ3n) is 6.75. The molecule has 78 valence electrons. The molecule has 8 atom stereocenters. The Labute approximate surface area is 87.5 Å². The van der Waals surface area contributed by atoms with E-state index in [0.29, 0.717) is 0 Å². The van der Waals surface area contributed by atoms with Gasteiger partial charge in [0.05, 0.1) is 0 Å². The van der Waals surface area contributed by atoms with Gasteiger partial charge in [-0.3, -0.25) is 0 Å². The zero-order valence-electron chi connectivity index (χ0n) is 9.45. The highest BCUT2D eigenvalue weighted by Crippen LogP contribution is 2.72.